The Kier molecular flexibility index (Phi) is 23.8. The highest BCUT2D eigenvalue weighted by Gasteiger charge is 2.38. The van der Waals surface area contributed by atoms with Crippen molar-refractivity contribution in [2.45, 2.75) is 40.5 Å². The fourth-order valence-electron chi connectivity index (χ4n) is 6.84. The van der Waals surface area contributed by atoms with E-state index in [9.17, 15) is 33.6 Å². The van der Waals surface area contributed by atoms with E-state index in [1.165, 1.54) is 31.6 Å². The summed E-state index contributed by atoms with van der Waals surface area (Å²) in [5.74, 6) is 2.04. The van der Waals surface area contributed by atoms with Crippen LogP contribution in [0.5, 0.6) is 0 Å². The van der Waals surface area contributed by atoms with Crippen LogP contribution in [0.2, 0.25) is 0 Å². The summed E-state index contributed by atoms with van der Waals surface area (Å²) < 4.78 is 1.78. The minimum absolute atomic E-state index is 0.0160. The molecule has 9 amide bonds. The lowest BCUT2D eigenvalue weighted by Crippen LogP contribution is -2.39. The second kappa shape index (κ2) is 27.9. The Morgan fingerprint density at radius 1 is 0.500 bits per heavy atom. The molecular weight excluding hydrogens is 1040 g/mol. The van der Waals surface area contributed by atoms with Crippen LogP contribution in [0.15, 0.2) is 34.6 Å². The van der Waals surface area contributed by atoms with Crippen LogP contribution in [0.1, 0.15) is 40.5 Å². The number of amides is 9. The second-order valence-electron chi connectivity index (χ2n) is 16.1. The third-order valence-electron chi connectivity index (χ3n) is 11.6. The van der Waals surface area contributed by atoms with E-state index in [1.54, 1.807) is 84.8 Å². The number of aryl methyl sites for hydroxylation is 1. The van der Waals surface area contributed by atoms with Gasteiger partial charge in [-0.05, 0) is 82.6 Å². The van der Waals surface area contributed by atoms with Crippen molar-refractivity contribution in [3.8, 4) is 0 Å². The number of carbonyl (C=O) groups is 7. The van der Waals surface area contributed by atoms with Crippen molar-refractivity contribution in [2.24, 2.45) is 18.9 Å². The summed E-state index contributed by atoms with van der Waals surface area (Å²) in [6, 6.07) is -0.167. The van der Waals surface area contributed by atoms with E-state index in [-0.39, 0.29) is 60.0 Å². The minimum atomic E-state index is -0.187. The number of aromatic nitrogens is 3. The molecule has 20 nitrogen and oxygen atoms in total. The van der Waals surface area contributed by atoms with E-state index < -0.39 is 0 Å². The Morgan fingerprint density at radius 3 is 1.23 bits per heavy atom. The van der Waals surface area contributed by atoms with Crippen molar-refractivity contribution in [2.75, 3.05) is 106 Å². The topological polar surface area (TPSA) is 183 Å². The van der Waals surface area contributed by atoms with E-state index in [2.05, 4.69) is 22.0 Å². The zero-order valence-electron chi connectivity index (χ0n) is 41.5. The van der Waals surface area contributed by atoms with Crippen LogP contribution in [0.4, 0.5) is 9.59 Å². The quantitative estimate of drug-likeness (QED) is 0.243. The number of hydrogen-bond acceptors (Lipinski definition) is 16. The third-order valence-corrected chi connectivity index (χ3v) is 16.2. The van der Waals surface area contributed by atoms with Crippen LogP contribution >= 0.6 is 84.6 Å². The van der Waals surface area contributed by atoms with Gasteiger partial charge in [0.05, 0.1) is 31.5 Å². The molecule has 2 unspecified atom stereocenters. The number of urea groups is 2. The highest BCUT2D eigenvalue weighted by molar-refractivity contribution is 8.03. The number of hydrogen-bond donors (Lipinski definition) is 0. The first-order valence-electron chi connectivity index (χ1n) is 22.3. The van der Waals surface area contributed by atoms with Gasteiger partial charge in [-0.1, -0.05) is 36.7 Å². The number of rotatable bonds is 4. The number of thioether (sulfide) groups is 2. The molecule has 6 saturated heterocycles. The van der Waals surface area contributed by atoms with Crippen LogP contribution in [0, 0.1) is 11.8 Å². The molecule has 384 valence electrons. The smallest absolute Gasteiger partial charge is 0.326 e. The van der Waals surface area contributed by atoms with Gasteiger partial charge in [0.15, 0.2) is 10.2 Å². The Morgan fingerprint density at radius 2 is 0.900 bits per heavy atom. The molecule has 0 aromatic carbocycles. The first-order chi connectivity index (χ1) is 32.9. The van der Waals surface area contributed by atoms with E-state index >= 15 is 0 Å². The summed E-state index contributed by atoms with van der Waals surface area (Å²) in [7, 11) is 12.0. The fourth-order valence-corrected chi connectivity index (χ4v) is 10.7. The molecule has 9 rings (SSSR count). The molecule has 0 radical (unpaired) electrons. The molecule has 0 spiro atoms. The summed E-state index contributed by atoms with van der Waals surface area (Å²) in [6.07, 6.45) is 8.68. The Balaban J connectivity index is 0.000000218. The van der Waals surface area contributed by atoms with Crippen molar-refractivity contribution in [3.05, 3.63) is 34.6 Å². The molecule has 27 heteroatoms. The van der Waals surface area contributed by atoms with E-state index in [0.29, 0.717) is 34.7 Å². The average Bonchev–Trinajstić information content (AvgIpc) is 4.25. The zero-order valence-corrected chi connectivity index (χ0v) is 47.2. The number of nitrogens with zero attached hydrogens (tertiary/aromatic N) is 13. The molecule has 1 aromatic rings. The van der Waals surface area contributed by atoms with Gasteiger partial charge in [-0.2, -0.15) is 0 Å². The van der Waals surface area contributed by atoms with Crippen LogP contribution in [0.25, 0.3) is 0 Å². The number of imide groups is 2. The van der Waals surface area contributed by atoms with Gasteiger partial charge in [0, 0.05) is 91.4 Å². The van der Waals surface area contributed by atoms with Gasteiger partial charge in [-0.15, -0.1) is 33.7 Å². The molecule has 0 aliphatic carbocycles. The van der Waals surface area contributed by atoms with Gasteiger partial charge < -0.3 is 34.0 Å². The van der Waals surface area contributed by atoms with Crippen molar-refractivity contribution in [1.82, 2.24) is 63.8 Å². The normalized spacial score (nSPS) is 21.5. The molecular formula is C43H63N13O7S7. The van der Waals surface area contributed by atoms with Crippen molar-refractivity contribution in [3.63, 3.8) is 0 Å². The van der Waals surface area contributed by atoms with Crippen LogP contribution in [-0.4, -0.2) is 237 Å². The molecule has 70 heavy (non-hydrogen) atoms. The van der Waals surface area contributed by atoms with Crippen molar-refractivity contribution in [1.29, 1.82) is 0 Å². The first kappa shape index (κ1) is 59.8. The van der Waals surface area contributed by atoms with Crippen molar-refractivity contribution >= 4 is 151 Å². The van der Waals surface area contributed by atoms with Crippen LogP contribution < -0.4 is 0 Å². The molecule has 9 heterocycles. The molecule has 0 N–H and O–H groups in total. The lowest BCUT2D eigenvalue weighted by molar-refractivity contribution is -0.143. The predicted molar refractivity (Wildman–Crippen MR) is 293 cm³/mol. The van der Waals surface area contributed by atoms with Crippen molar-refractivity contribution < 1.29 is 33.6 Å². The number of thiocarbonyl (C=S) groups is 5. The largest absolute Gasteiger partial charge is 0.342 e. The average molecular weight is 1100 g/mol. The third kappa shape index (κ3) is 15.5. The van der Waals surface area contributed by atoms with Gasteiger partial charge in [0.2, 0.25) is 23.6 Å². The molecule has 8 aliphatic heterocycles. The highest BCUT2D eigenvalue weighted by Crippen LogP contribution is 2.40. The number of carbonyl (C=O) groups excluding carboxylic acids is 7. The summed E-state index contributed by atoms with van der Waals surface area (Å²) in [4.78, 5) is 98.5. The van der Waals surface area contributed by atoms with Gasteiger partial charge in [-0.25, -0.2) is 9.59 Å². The monoisotopic (exact) mass is 1100 g/mol. The van der Waals surface area contributed by atoms with Crippen LogP contribution in [0.3, 0.4) is 0 Å². The maximum Gasteiger partial charge on any atom is 0.326 e. The molecule has 1 aromatic heterocycles. The number of fused-ring (bicyclic) bond motifs is 2. The van der Waals surface area contributed by atoms with Gasteiger partial charge in [0.25, 0.3) is 5.91 Å². The van der Waals surface area contributed by atoms with Gasteiger partial charge in [0.1, 0.15) is 34.2 Å². The fraction of sp³-hybridized carbons (Fsp3) is 0.581. The maximum absolute atomic E-state index is 11.6. The molecule has 0 bridgehead atoms. The first-order valence-corrected chi connectivity index (χ1v) is 26.3. The molecule has 0 saturated carbocycles. The molecule has 8 aliphatic rings. The van der Waals surface area contributed by atoms with Crippen LogP contribution in [-0.2, 0) is 31.0 Å². The Labute approximate surface area is 446 Å². The lowest BCUT2D eigenvalue weighted by atomic mass is 10.0. The van der Waals surface area contributed by atoms with E-state index in [0.717, 1.165) is 70.4 Å². The summed E-state index contributed by atoms with van der Waals surface area (Å²) in [5, 5.41) is 8.57. The maximum atomic E-state index is 11.6. The SMILES string of the molecule is CCN1CC(=O)N(C)C1=O.CCN1CC(=O)N(C)C1=S.CCN1CC(=S)N(C)C1=O.CCN1CC(=S)N(C)C1=S.CN1C(=O)C2CCSC2=CC1=S.CN1C(=O)C=C2SCCC2C1=O.Cn1cnnc1. The predicted octanol–water partition coefficient (Wildman–Crippen LogP) is 3.39. The number of likely N-dealkylation sites (N-methyl/N-ethyl adjacent to an activating group) is 10. The highest BCUT2D eigenvalue weighted by atomic mass is 32.2. The second-order valence-corrected chi connectivity index (χ2v) is 20.5. The summed E-state index contributed by atoms with van der Waals surface area (Å²) in [5.41, 5.74) is 0. The van der Waals surface area contributed by atoms with E-state index in [4.69, 9.17) is 61.1 Å². The molecule has 2 atom stereocenters. The Hall–Kier alpha value is -4.54. The summed E-state index contributed by atoms with van der Waals surface area (Å²) >= 11 is 28.5. The van der Waals surface area contributed by atoms with Gasteiger partial charge >= 0.3 is 12.1 Å². The lowest BCUT2D eigenvalue weighted by Gasteiger charge is -2.25. The molecule has 6 fully saturated rings. The summed E-state index contributed by atoms with van der Waals surface area (Å²) in [6.45, 7) is 13.1. The Bertz CT molecular complexity index is 2040. The van der Waals surface area contributed by atoms with Gasteiger partial charge in [-0.3, -0.25) is 43.6 Å². The minimum Gasteiger partial charge on any atom is -0.342 e. The standard InChI is InChI=1S/C8H9NO2S.C8H9NOS2.C6H10N2O2.2C6H10N2OS.C6H10N2S2.C3H5N3/c1-9-7(10)4-6-5(8(9)11)2-3-12-6;1-9-7(11)4-6-5(8(9)10)2-3-12-6;1-3-8-4-5(9)7(2)6(8)10;1-3-8-4-5(10)7(2)6(8)9;2*1-3-8-4-5(9)7(2)6(8)10;1-6-2-4-5-3-6/h2*4-5H,2-3H2,1H3;4*3-4H2,1-2H3;2-3H,1H3. The zero-order chi connectivity index (χ0) is 52.7. The van der Waals surface area contributed by atoms with E-state index in [1.807, 2.05) is 50.7 Å².